The van der Waals surface area contributed by atoms with Crippen LogP contribution in [0, 0.1) is 10.1 Å². The molecule has 1 aromatic heterocycles. The summed E-state index contributed by atoms with van der Waals surface area (Å²) in [7, 11) is 1.72. The van der Waals surface area contributed by atoms with Crippen molar-refractivity contribution in [1.82, 2.24) is 14.8 Å². The van der Waals surface area contributed by atoms with E-state index in [2.05, 4.69) is 5.10 Å². The van der Waals surface area contributed by atoms with Crippen molar-refractivity contribution in [2.75, 3.05) is 13.6 Å². The molecule has 1 heterocycles. The van der Waals surface area contributed by atoms with Crippen molar-refractivity contribution < 1.29 is 14.9 Å². The molecule has 118 valence electrons. The highest BCUT2D eigenvalue weighted by Gasteiger charge is 2.13. The van der Waals surface area contributed by atoms with Gasteiger partial charge in [-0.25, -0.2) is 0 Å². The molecule has 0 bridgehead atoms. The number of hydrogen-bond acceptors (Lipinski definition) is 6. The van der Waals surface area contributed by atoms with Gasteiger partial charge in [0.05, 0.1) is 30.7 Å². The van der Waals surface area contributed by atoms with E-state index < -0.39 is 11.0 Å². The molecule has 0 aliphatic rings. The van der Waals surface area contributed by atoms with Crippen molar-refractivity contribution in [3.05, 3.63) is 58.4 Å². The van der Waals surface area contributed by atoms with E-state index in [1.54, 1.807) is 7.05 Å². The van der Waals surface area contributed by atoms with Gasteiger partial charge in [-0.05, 0) is 5.56 Å². The number of benzene rings is 1. The van der Waals surface area contributed by atoms with Crippen molar-refractivity contribution in [2.45, 2.75) is 19.3 Å². The molecule has 0 saturated heterocycles. The molecule has 2 aromatic rings. The van der Waals surface area contributed by atoms with Crippen LogP contribution in [0.5, 0.6) is 0 Å². The van der Waals surface area contributed by atoms with Gasteiger partial charge in [0.25, 0.3) is 0 Å². The summed E-state index contributed by atoms with van der Waals surface area (Å²) in [5.41, 5.74) is 0.937. The second-order valence-corrected chi connectivity index (χ2v) is 4.90. The Morgan fingerprint density at radius 2 is 2.18 bits per heavy atom. The number of nitrogens with zero attached hydrogens (tertiary/aromatic N) is 4. The summed E-state index contributed by atoms with van der Waals surface area (Å²) in [6, 6.07) is 9.69. The van der Waals surface area contributed by atoms with E-state index >= 15 is 0 Å². The first-order chi connectivity index (χ1) is 10.5. The molecule has 1 atom stereocenters. The third kappa shape index (κ3) is 4.92. The fraction of sp³-hybridized carbons (Fsp3) is 0.357. The smallest absolute Gasteiger partial charge is 0.306 e. The van der Waals surface area contributed by atoms with Gasteiger partial charge in [-0.1, -0.05) is 30.3 Å². The minimum Gasteiger partial charge on any atom is -0.390 e. The van der Waals surface area contributed by atoms with Gasteiger partial charge in [-0.3, -0.25) is 19.6 Å². The highest BCUT2D eigenvalue weighted by atomic mass is 16.7. The van der Waals surface area contributed by atoms with Crippen molar-refractivity contribution in [3.8, 4) is 0 Å². The zero-order chi connectivity index (χ0) is 15.9. The number of hydrogen-bond donors (Lipinski definition) is 1. The fourth-order valence-corrected chi connectivity index (χ4v) is 1.93. The van der Waals surface area contributed by atoms with Gasteiger partial charge >= 0.3 is 5.69 Å². The maximum absolute atomic E-state index is 10.6. The number of hydroxylamine groups is 2. The molecule has 0 aliphatic carbocycles. The Morgan fingerprint density at radius 1 is 1.45 bits per heavy atom. The van der Waals surface area contributed by atoms with Crippen LogP contribution in [0.4, 0.5) is 5.69 Å². The highest BCUT2D eigenvalue weighted by molar-refractivity contribution is 5.20. The predicted molar refractivity (Wildman–Crippen MR) is 78.7 cm³/mol. The van der Waals surface area contributed by atoms with Crippen LogP contribution in [-0.2, 0) is 18.0 Å². The van der Waals surface area contributed by atoms with Crippen LogP contribution in [-0.4, -0.2) is 44.6 Å². The van der Waals surface area contributed by atoms with Crippen LogP contribution in [0.25, 0.3) is 0 Å². The number of aromatic nitrogens is 2. The molecular weight excluding hydrogens is 288 g/mol. The predicted octanol–water partition coefficient (Wildman–Crippen LogP) is 1.22. The molecule has 1 N–H and O–H groups in total. The van der Waals surface area contributed by atoms with Gasteiger partial charge in [0, 0.05) is 7.05 Å². The molecule has 0 fully saturated rings. The molecule has 22 heavy (non-hydrogen) atoms. The lowest BCUT2D eigenvalue weighted by Crippen LogP contribution is -2.32. The second kappa shape index (κ2) is 7.64. The molecule has 8 heteroatoms. The number of likely N-dealkylation sites (N-methyl/N-ethyl adjacent to an activating group) is 1. The number of rotatable bonds is 8. The van der Waals surface area contributed by atoms with E-state index in [0.29, 0.717) is 6.61 Å². The van der Waals surface area contributed by atoms with Crippen molar-refractivity contribution in [2.24, 2.45) is 0 Å². The Balaban J connectivity index is 1.75. The summed E-state index contributed by atoms with van der Waals surface area (Å²) in [6.07, 6.45) is 1.69. The molecule has 0 spiro atoms. The minimum atomic E-state index is -0.750. The lowest BCUT2D eigenvalue weighted by atomic mass is 10.2. The Morgan fingerprint density at radius 3 is 2.82 bits per heavy atom. The molecule has 8 nitrogen and oxygen atoms in total. The van der Waals surface area contributed by atoms with Crippen molar-refractivity contribution in [3.63, 3.8) is 0 Å². The number of nitro groups is 1. The molecule has 2 rings (SSSR count). The SMILES string of the molecule is CN(CC(O)Cn1cc([N+](=O)[O-])cn1)OCc1ccccc1. The molecular formula is C14H18N4O4. The topological polar surface area (TPSA) is 93.7 Å². The largest absolute Gasteiger partial charge is 0.390 e. The van der Waals surface area contributed by atoms with Crippen LogP contribution >= 0.6 is 0 Å². The standard InChI is InChI=1S/C14H18N4O4/c1-16(22-11-12-5-3-2-4-6-12)9-14(19)10-17-8-13(7-15-17)18(20)21/h2-8,14,19H,9-11H2,1H3. The number of aliphatic hydroxyl groups excluding tert-OH is 1. The van der Waals surface area contributed by atoms with Crippen LogP contribution in [0.2, 0.25) is 0 Å². The van der Waals surface area contributed by atoms with Crippen LogP contribution < -0.4 is 0 Å². The summed E-state index contributed by atoms with van der Waals surface area (Å²) in [5.74, 6) is 0. The molecule has 0 aliphatic heterocycles. The maximum Gasteiger partial charge on any atom is 0.306 e. The Labute approximate surface area is 127 Å². The zero-order valence-electron chi connectivity index (χ0n) is 12.2. The molecule has 0 amide bonds. The summed E-state index contributed by atoms with van der Waals surface area (Å²) in [6.45, 7) is 0.838. The molecule has 0 saturated carbocycles. The van der Waals surface area contributed by atoms with Gasteiger partial charge in [0.2, 0.25) is 0 Å². The summed E-state index contributed by atoms with van der Waals surface area (Å²) < 4.78 is 1.34. The summed E-state index contributed by atoms with van der Waals surface area (Å²) >= 11 is 0. The van der Waals surface area contributed by atoms with E-state index in [4.69, 9.17) is 4.84 Å². The first-order valence-corrected chi connectivity index (χ1v) is 6.77. The minimum absolute atomic E-state index is 0.0964. The Hall–Kier alpha value is -2.29. The van der Waals surface area contributed by atoms with E-state index in [9.17, 15) is 15.2 Å². The van der Waals surface area contributed by atoms with Crippen LogP contribution in [0.15, 0.2) is 42.7 Å². The third-order valence-electron chi connectivity index (χ3n) is 2.99. The fourth-order valence-electron chi connectivity index (χ4n) is 1.93. The van der Waals surface area contributed by atoms with Gasteiger partial charge < -0.3 is 5.11 Å². The van der Waals surface area contributed by atoms with E-state index in [1.807, 2.05) is 30.3 Å². The average Bonchev–Trinajstić information content (AvgIpc) is 2.95. The normalized spacial score (nSPS) is 12.5. The monoisotopic (exact) mass is 306 g/mol. The Kier molecular flexibility index (Phi) is 5.59. The van der Waals surface area contributed by atoms with Crippen LogP contribution in [0.1, 0.15) is 5.56 Å². The Bertz CT molecular complexity index is 602. The van der Waals surface area contributed by atoms with Crippen molar-refractivity contribution >= 4 is 5.69 Å². The van der Waals surface area contributed by atoms with E-state index in [0.717, 1.165) is 11.8 Å². The van der Waals surface area contributed by atoms with E-state index in [1.165, 1.54) is 15.9 Å². The second-order valence-electron chi connectivity index (χ2n) is 4.90. The lowest BCUT2D eigenvalue weighted by Gasteiger charge is -2.20. The third-order valence-corrected chi connectivity index (χ3v) is 2.99. The highest BCUT2D eigenvalue weighted by Crippen LogP contribution is 2.08. The zero-order valence-corrected chi connectivity index (χ0v) is 12.2. The van der Waals surface area contributed by atoms with Gasteiger partial charge in [0.1, 0.15) is 12.4 Å². The summed E-state index contributed by atoms with van der Waals surface area (Å²) in [4.78, 5) is 15.6. The summed E-state index contributed by atoms with van der Waals surface area (Å²) in [5, 5.41) is 25.9. The van der Waals surface area contributed by atoms with Crippen LogP contribution in [0.3, 0.4) is 0 Å². The van der Waals surface area contributed by atoms with Gasteiger partial charge in [-0.2, -0.15) is 10.2 Å². The van der Waals surface area contributed by atoms with E-state index in [-0.39, 0.29) is 18.8 Å². The van der Waals surface area contributed by atoms with Gasteiger partial charge in [-0.15, -0.1) is 0 Å². The lowest BCUT2D eigenvalue weighted by molar-refractivity contribution is -0.385. The maximum atomic E-state index is 10.6. The molecule has 1 aromatic carbocycles. The van der Waals surface area contributed by atoms with Gasteiger partial charge in [0.15, 0.2) is 0 Å². The molecule has 1 unspecified atom stereocenters. The number of aliphatic hydroxyl groups is 1. The van der Waals surface area contributed by atoms with Crippen molar-refractivity contribution in [1.29, 1.82) is 0 Å². The first kappa shape index (κ1) is 16.1. The quantitative estimate of drug-likeness (QED) is 0.582. The first-order valence-electron chi connectivity index (χ1n) is 6.77. The average molecular weight is 306 g/mol. The molecule has 0 radical (unpaired) electrons.